The van der Waals surface area contributed by atoms with Gasteiger partial charge < -0.3 is 4.90 Å². The lowest BCUT2D eigenvalue weighted by Crippen LogP contribution is -2.33. The number of nitrogens with zero attached hydrogens (tertiary/aromatic N) is 3. The highest BCUT2D eigenvalue weighted by Crippen LogP contribution is 2.32. The van der Waals surface area contributed by atoms with Crippen molar-refractivity contribution in [3.8, 4) is 0 Å². The topological polar surface area (TPSA) is 36.4 Å². The van der Waals surface area contributed by atoms with Gasteiger partial charge in [0, 0.05) is 21.1 Å². The molecule has 1 aromatic heterocycles. The van der Waals surface area contributed by atoms with E-state index in [9.17, 15) is 4.79 Å². The zero-order valence-corrected chi connectivity index (χ0v) is 19.8. The summed E-state index contributed by atoms with van der Waals surface area (Å²) < 4.78 is 2.97. The number of fused-ring (bicyclic) bond motifs is 1. The summed E-state index contributed by atoms with van der Waals surface area (Å²) in [5.41, 5.74) is 1.57. The molecule has 0 aliphatic heterocycles. The van der Waals surface area contributed by atoms with Gasteiger partial charge in [-0.15, -0.1) is 12.4 Å². The summed E-state index contributed by atoms with van der Waals surface area (Å²) in [5, 5.41) is 0.738. The van der Waals surface area contributed by atoms with Crippen LogP contribution in [0.5, 0.6) is 0 Å². The van der Waals surface area contributed by atoms with Crippen LogP contribution in [0.2, 0.25) is 0 Å². The van der Waals surface area contributed by atoms with Crippen LogP contribution < -0.4 is 4.90 Å². The van der Waals surface area contributed by atoms with Crippen LogP contribution in [0.3, 0.4) is 0 Å². The summed E-state index contributed by atoms with van der Waals surface area (Å²) in [6.07, 6.45) is 0.881. The number of benzene rings is 2. The number of hydrogen-bond acceptors (Lipinski definition) is 4. The van der Waals surface area contributed by atoms with Gasteiger partial charge >= 0.3 is 0 Å². The third-order valence-electron chi connectivity index (χ3n) is 3.87. The monoisotopic (exact) mass is 531 g/mol. The zero-order chi connectivity index (χ0) is 18.7. The van der Waals surface area contributed by atoms with Gasteiger partial charge in [-0.05, 0) is 63.5 Å². The minimum Gasteiger partial charge on any atom is -0.309 e. The number of aromatic nitrogens is 1. The first-order valence-corrected chi connectivity index (χ1v) is 10.6. The van der Waals surface area contributed by atoms with E-state index in [1.807, 2.05) is 56.6 Å². The van der Waals surface area contributed by atoms with E-state index in [2.05, 4.69) is 36.8 Å². The SMILES string of the molecule is CN(C)CCCN(C(=O)c1cccc(Br)c1)c1nc2ccc(Br)cc2s1.Cl. The second-order valence-electron chi connectivity index (χ2n) is 6.23. The molecule has 0 aliphatic carbocycles. The van der Waals surface area contributed by atoms with Crippen molar-refractivity contribution >= 4 is 76.9 Å². The molecule has 0 bridgehead atoms. The van der Waals surface area contributed by atoms with E-state index in [0.717, 1.165) is 37.3 Å². The molecule has 4 nitrogen and oxygen atoms in total. The molecule has 0 saturated carbocycles. The van der Waals surface area contributed by atoms with Crippen LogP contribution in [0.25, 0.3) is 10.2 Å². The fourth-order valence-electron chi connectivity index (χ4n) is 2.61. The lowest BCUT2D eigenvalue weighted by molar-refractivity contribution is 0.0986. The van der Waals surface area contributed by atoms with Gasteiger partial charge in [-0.2, -0.15) is 0 Å². The van der Waals surface area contributed by atoms with Crippen LogP contribution in [0.15, 0.2) is 51.4 Å². The Kier molecular flexibility index (Phi) is 8.24. The maximum absolute atomic E-state index is 13.2. The fraction of sp³-hybridized carbons (Fsp3) is 0.263. The van der Waals surface area contributed by atoms with Crippen LogP contribution in [0, 0.1) is 0 Å². The minimum atomic E-state index is -0.0248. The van der Waals surface area contributed by atoms with Gasteiger partial charge in [0.1, 0.15) is 0 Å². The molecule has 0 unspecified atom stereocenters. The number of thiazole rings is 1. The molecule has 144 valence electrons. The molecule has 0 N–H and O–H groups in total. The number of carbonyl (C=O) groups is 1. The predicted octanol–water partition coefficient (Wildman–Crippen LogP) is 5.84. The maximum Gasteiger partial charge on any atom is 0.260 e. The Morgan fingerprint density at radius 2 is 1.81 bits per heavy atom. The molecule has 1 amide bonds. The number of hydrogen-bond donors (Lipinski definition) is 0. The van der Waals surface area contributed by atoms with E-state index in [1.54, 1.807) is 16.2 Å². The van der Waals surface area contributed by atoms with E-state index in [4.69, 9.17) is 4.98 Å². The van der Waals surface area contributed by atoms with E-state index < -0.39 is 0 Å². The van der Waals surface area contributed by atoms with Crippen LogP contribution in [0.1, 0.15) is 16.8 Å². The number of anilines is 1. The normalized spacial score (nSPS) is 10.9. The van der Waals surface area contributed by atoms with Gasteiger partial charge in [0.2, 0.25) is 0 Å². The third kappa shape index (κ3) is 5.74. The van der Waals surface area contributed by atoms with Crippen molar-refractivity contribution < 1.29 is 4.79 Å². The van der Waals surface area contributed by atoms with Gasteiger partial charge in [0.25, 0.3) is 5.91 Å². The van der Waals surface area contributed by atoms with Gasteiger partial charge in [0.05, 0.1) is 10.2 Å². The van der Waals surface area contributed by atoms with Gasteiger partial charge in [-0.3, -0.25) is 9.69 Å². The Morgan fingerprint density at radius 1 is 1.07 bits per heavy atom. The third-order valence-corrected chi connectivity index (χ3v) is 5.90. The number of carbonyl (C=O) groups excluding carboxylic acids is 1. The second-order valence-corrected chi connectivity index (χ2v) is 9.07. The standard InChI is InChI=1S/C19H19Br2N3OS.ClH/c1-23(2)9-4-10-24(18(25)13-5-3-6-14(20)11-13)19-22-16-8-7-15(21)12-17(16)26-19;/h3,5-8,11-12H,4,9-10H2,1-2H3;1H. The van der Waals surface area contributed by atoms with Gasteiger partial charge in [-0.1, -0.05) is 49.3 Å². The molecule has 27 heavy (non-hydrogen) atoms. The average molecular weight is 534 g/mol. The molecule has 0 aliphatic rings. The quantitative estimate of drug-likeness (QED) is 0.399. The first kappa shape index (κ1) is 22.3. The van der Waals surface area contributed by atoms with Crippen molar-refractivity contribution in [2.45, 2.75) is 6.42 Å². The second kappa shape index (κ2) is 9.98. The predicted molar refractivity (Wildman–Crippen MR) is 124 cm³/mol. The lowest BCUT2D eigenvalue weighted by atomic mass is 10.2. The van der Waals surface area contributed by atoms with E-state index >= 15 is 0 Å². The number of halogens is 3. The Hall–Kier alpha value is -0.990. The average Bonchev–Trinajstić information content (AvgIpc) is 3.00. The van der Waals surface area contributed by atoms with E-state index in [-0.39, 0.29) is 18.3 Å². The van der Waals surface area contributed by atoms with Crippen molar-refractivity contribution in [2.75, 3.05) is 32.1 Å². The molecular formula is C19H20Br2ClN3OS. The Balaban J connectivity index is 0.00000261. The molecule has 0 saturated heterocycles. The van der Waals surface area contributed by atoms with Gasteiger partial charge in [-0.25, -0.2) is 4.98 Å². The largest absolute Gasteiger partial charge is 0.309 e. The van der Waals surface area contributed by atoms with E-state index in [1.165, 1.54) is 0 Å². The highest BCUT2D eigenvalue weighted by atomic mass is 79.9. The van der Waals surface area contributed by atoms with Crippen LogP contribution in [0.4, 0.5) is 5.13 Å². The Morgan fingerprint density at radius 3 is 2.52 bits per heavy atom. The molecule has 3 aromatic rings. The smallest absolute Gasteiger partial charge is 0.260 e. The Labute approximate surface area is 186 Å². The fourth-order valence-corrected chi connectivity index (χ4v) is 4.55. The summed E-state index contributed by atoms with van der Waals surface area (Å²) in [6, 6.07) is 13.5. The van der Waals surface area contributed by atoms with Crippen molar-refractivity contribution in [3.63, 3.8) is 0 Å². The first-order valence-electron chi connectivity index (χ1n) is 8.22. The maximum atomic E-state index is 13.2. The van der Waals surface area contributed by atoms with Crippen molar-refractivity contribution in [1.29, 1.82) is 0 Å². The molecule has 1 heterocycles. The summed E-state index contributed by atoms with van der Waals surface area (Å²) in [4.78, 5) is 21.8. The van der Waals surface area contributed by atoms with Crippen LogP contribution in [-0.2, 0) is 0 Å². The highest BCUT2D eigenvalue weighted by Gasteiger charge is 2.21. The van der Waals surface area contributed by atoms with Gasteiger partial charge in [0.15, 0.2) is 5.13 Å². The summed E-state index contributed by atoms with van der Waals surface area (Å²) in [6.45, 7) is 1.54. The van der Waals surface area contributed by atoms with E-state index in [0.29, 0.717) is 12.1 Å². The van der Waals surface area contributed by atoms with Crippen molar-refractivity contribution in [2.24, 2.45) is 0 Å². The molecule has 0 spiro atoms. The summed E-state index contributed by atoms with van der Waals surface area (Å²) in [7, 11) is 4.07. The molecule has 0 atom stereocenters. The minimum absolute atomic E-state index is 0. The summed E-state index contributed by atoms with van der Waals surface area (Å²) >= 11 is 8.49. The lowest BCUT2D eigenvalue weighted by Gasteiger charge is -2.21. The molecule has 3 rings (SSSR count). The Bertz CT molecular complexity index is 932. The molecule has 2 aromatic carbocycles. The van der Waals surface area contributed by atoms with Crippen molar-refractivity contribution in [3.05, 3.63) is 57.0 Å². The summed E-state index contributed by atoms with van der Waals surface area (Å²) in [5.74, 6) is -0.0248. The number of rotatable bonds is 6. The first-order chi connectivity index (χ1) is 12.4. The zero-order valence-electron chi connectivity index (χ0n) is 15.0. The van der Waals surface area contributed by atoms with Crippen molar-refractivity contribution in [1.82, 2.24) is 9.88 Å². The van der Waals surface area contributed by atoms with Crippen LogP contribution in [-0.4, -0.2) is 43.0 Å². The highest BCUT2D eigenvalue weighted by molar-refractivity contribution is 9.10. The molecule has 0 fully saturated rings. The number of amides is 1. The molecule has 8 heteroatoms. The van der Waals surface area contributed by atoms with Crippen LogP contribution >= 0.6 is 55.6 Å². The molecule has 0 radical (unpaired) electrons. The molecular weight excluding hydrogens is 514 g/mol.